The van der Waals surface area contributed by atoms with Crippen LogP contribution in [0.1, 0.15) is 65.2 Å². The van der Waals surface area contributed by atoms with Crippen LogP contribution in [0.2, 0.25) is 0 Å². The Hall–Kier alpha value is -0.0400. The maximum absolute atomic E-state index is 5.74. The molecule has 2 fully saturated rings. The third kappa shape index (κ3) is 3.23. The van der Waals surface area contributed by atoms with Crippen LogP contribution in [0.4, 0.5) is 0 Å². The molecule has 0 aliphatic heterocycles. The summed E-state index contributed by atoms with van der Waals surface area (Å²) in [6.45, 7) is 5.44. The molecule has 0 radical (unpaired) electrons. The van der Waals surface area contributed by atoms with Crippen molar-refractivity contribution >= 4 is 0 Å². The first-order chi connectivity index (χ1) is 7.79. The minimum absolute atomic E-state index is 0.587. The Morgan fingerprint density at radius 1 is 0.812 bits per heavy atom. The zero-order valence-electron chi connectivity index (χ0n) is 11.1. The monoisotopic (exact) mass is 224 g/mol. The van der Waals surface area contributed by atoms with Crippen LogP contribution >= 0.6 is 0 Å². The molecular weight excluding hydrogens is 196 g/mol. The maximum atomic E-state index is 5.74. The van der Waals surface area contributed by atoms with Crippen LogP contribution in [0, 0.1) is 17.8 Å². The number of hydrogen-bond donors (Lipinski definition) is 0. The van der Waals surface area contributed by atoms with Gasteiger partial charge in [-0.05, 0) is 63.2 Å². The molecule has 2 rings (SSSR count). The second kappa shape index (κ2) is 6.05. The Labute approximate surface area is 101 Å². The van der Waals surface area contributed by atoms with Crippen LogP contribution in [-0.4, -0.2) is 12.7 Å². The molecular formula is C15H28O. The van der Waals surface area contributed by atoms with Crippen molar-refractivity contribution in [1.29, 1.82) is 0 Å². The van der Waals surface area contributed by atoms with E-state index in [0.29, 0.717) is 6.10 Å². The van der Waals surface area contributed by atoms with Gasteiger partial charge in [-0.15, -0.1) is 0 Å². The van der Waals surface area contributed by atoms with Gasteiger partial charge in [0.05, 0.1) is 6.10 Å². The molecule has 0 atom stereocenters. The zero-order chi connectivity index (χ0) is 11.4. The summed E-state index contributed by atoms with van der Waals surface area (Å²) in [6, 6.07) is 0. The molecule has 1 nitrogen and oxygen atoms in total. The molecule has 16 heavy (non-hydrogen) atoms. The van der Waals surface area contributed by atoms with Crippen molar-refractivity contribution in [2.45, 2.75) is 71.3 Å². The standard InChI is InChI=1S/C15H28O/c1-3-16-15-10-8-14(9-11-15)13-6-4-12(2)5-7-13/h12-15H,3-11H2,1-2H3/t12-,13-,14-,15-. The van der Waals surface area contributed by atoms with Gasteiger partial charge in [-0.1, -0.05) is 19.8 Å². The van der Waals surface area contributed by atoms with E-state index >= 15 is 0 Å². The quantitative estimate of drug-likeness (QED) is 0.690. The molecule has 1 heteroatoms. The maximum Gasteiger partial charge on any atom is 0.0575 e. The number of rotatable bonds is 3. The summed E-state index contributed by atoms with van der Waals surface area (Å²) in [5.74, 6) is 3.08. The molecule has 2 aliphatic carbocycles. The second-order valence-corrected chi connectivity index (χ2v) is 6.01. The minimum Gasteiger partial charge on any atom is -0.379 e. The SMILES string of the molecule is CCO[C@H]1CC[C@H]([C@H]2CC[C@H](C)CC2)CC1. The topological polar surface area (TPSA) is 9.23 Å². The Bertz CT molecular complexity index is 186. The van der Waals surface area contributed by atoms with Crippen molar-refractivity contribution < 1.29 is 4.74 Å². The van der Waals surface area contributed by atoms with Gasteiger partial charge in [-0.3, -0.25) is 0 Å². The lowest BCUT2D eigenvalue weighted by molar-refractivity contribution is 0.0139. The van der Waals surface area contributed by atoms with E-state index in [2.05, 4.69) is 13.8 Å². The molecule has 0 unspecified atom stereocenters. The van der Waals surface area contributed by atoms with E-state index in [4.69, 9.17) is 4.74 Å². The molecule has 0 aromatic carbocycles. The molecule has 0 aromatic heterocycles. The van der Waals surface area contributed by atoms with Gasteiger partial charge in [0.25, 0.3) is 0 Å². The van der Waals surface area contributed by atoms with Gasteiger partial charge in [0.2, 0.25) is 0 Å². The Morgan fingerprint density at radius 2 is 1.31 bits per heavy atom. The Kier molecular flexibility index (Phi) is 4.69. The molecule has 0 heterocycles. The average molecular weight is 224 g/mol. The predicted octanol–water partition coefficient (Wildman–Crippen LogP) is 4.41. The van der Waals surface area contributed by atoms with Gasteiger partial charge in [-0.25, -0.2) is 0 Å². The highest BCUT2D eigenvalue weighted by Crippen LogP contribution is 2.40. The summed E-state index contributed by atoms with van der Waals surface area (Å²) in [4.78, 5) is 0. The molecule has 0 bridgehead atoms. The lowest BCUT2D eigenvalue weighted by Crippen LogP contribution is -2.28. The highest BCUT2D eigenvalue weighted by atomic mass is 16.5. The van der Waals surface area contributed by atoms with Crippen LogP contribution in [0.15, 0.2) is 0 Å². The van der Waals surface area contributed by atoms with Crippen LogP contribution in [0.5, 0.6) is 0 Å². The van der Waals surface area contributed by atoms with E-state index in [9.17, 15) is 0 Å². The van der Waals surface area contributed by atoms with Crippen LogP contribution in [0.3, 0.4) is 0 Å². The van der Waals surface area contributed by atoms with Crippen LogP contribution in [0.25, 0.3) is 0 Å². The molecule has 0 amide bonds. The van der Waals surface area contributed by atoms with Gasteiger partial charge in [0.15, 0.2) is 0 Å². The third-order valence-corrected chi connectivity index (χ3v) is 4.85. The summed E-state index contributed by atoms with van der Waals surface area (Å²) >= 11 is 0. The first-order valence-corrected chi connectivity index (χ1v) is 7.41. The van der Waals surface area contributed by atoms with Crippen molar-refractivity contribution in [2.24, 2.45) is 17.8 Å². The van der Waals surface area contributed by atoms with Crippen molar-refractivity contribution in [2.75, 3.05) is 6.61 Å². The molecule has 0 N–H and O–H groups in total. The van der Waals surface area contributed by atoms with Crippen molar-refractivity contribution in [3.8, 4) is 0 Å². The fourth-order valence-corrected chi connectivity index (χ4v) is 3.72. The Balaban J connectivity index is 1.72. The fourth-order valence-electron chi connectivity index (χ4n) is 3.72. The van der Waals surface area contributed by atoms with E-state index in [0.717, 1.165) is 24.4 Å². The van der Waals surface area contributed by atoms with E-state index in [1.807, 2.05) is 0 Å². The third-order valence-electron chi connectivity index (χ3n) is 4.85. The summed E-state index contributed by atoms with van der Waals surface area (Å²) < 4.78 is 5.74. The predicted molar refractivity (Wildman–Crippen MR) is 68.5 cm³/mol. The summed E-state index contributed by atoms with van der Waals surface area (Å²) in [7, 11) is 0. The van der Waals surface area contributed by atoms with Crippen molar-refractivity contribution in [3.63, 3.8) is 0 Å². The van der Waals surface area contributed by atoms with Crippen LogP contribution < -0.4 is 0 Å². The molecule has 2 saturated carbocycles. The van der Waals surface area contributed by atoms with E-state index in [1.165, 1.54) is 51.4 Å². The smallest absolute Gasteiger partial charge is 0.0575 e. The molecule has 0 aromatic rings. The van der Waals surface area contributed by atoms with E-state index < -0.39 is 0 Å². The molecule has 2 aliphatic rings. The average Bonchev–Trinajstić information content (AvgIpc) is 2.32. The molecule has 94 valence electrons. The molecule has 0 spiro atoms. The van der Waals surface area contributed by atoms with Gasteiger partial charge in [0.1, 0.15) is 0 Å². The fraction of sp³-hybridized carbons (Fsp3) is 1.00. The van der Waals surface area contributed by atoms with Crippen LogP contribution in [-0.2, 0) is 4.74 Å². The minimum atomic E-state index is 0.587. The highest BCUT2D eigenvalue weighted by Gasteiger charge is 2.29. The van der Waals surface area contributed by atoms with Gasteiger partial charge in [0, 0.05) is 6.61 Å². The second-order valence-electron chi connectivity index (χ2n) is 6.01. The van der Waals surface area contributed by atoms with E-state index in [1.54, 1.807) is 0 Å². The lowest BCUT2D eigenvalue weighted by atomic mass is 9.71. The summed E-state index contributed by atoms with van der Waals surface area (Å²) in [5.41, 5.74) is 0. The highest BCUT2D eigenvalue weighted by molar-refractivity contribution is 4.81. The van der Waals surface area contributed by atoms with Crippen molar-refractivity contribution in [1.82, 2.24) is 0 Å². The zero-order valence-corrected chi connectivity index (χ0v) is 11.1. The van der Waals surface area contributed by atoms with E-state index in [-0.39, 0.29) is 0 Å². The van der Waals surface area contributed by atoms with Gasteiger partial charge in [-0.2, -0.15) is 0 Å². The Morgan fingerprint density at radius 3 is 1.81 bits per heavy atom. The summed E-state index contributed by atoms with van der Waals surface area (Å²) in [5, 5.41) is 0. The molecule has 0 saturated heterocycles. The number of hydrogen-bond acceptors (Lipinski definition) is 1. The van der Waals surface area contributed by atoms with Gasteiger partial charge >= 0.3 is 0 Å². The first kappa shape index (κ1) is 12.4. The number of ether oxygens (including phenoxy) is 1. The largest absolute Gasteiger partial charge is 0.379 e. The van der Waals surface area contributed by atoms with Gasteiger partial charge < -0.3 is 4.74 Å². The first-order valence-electron chi connectivity index (χ1n) is 7.41. The summed E-state index contributed by atoms with van der Waals surface area (Å²) in [6.07, 6.45) is 12.1. The normalized spacial score (nSPS) is 40.9. The van der Waals surface area contributed by atoms with Crippen molar-refractivity contribution in [3.05, 3.63) is 0 Å². The lowest BCUT2D eigenvalue weighted by Gasteiger charge is -2.37.